The molecule has 0 aliphatic carbocycles. The van der Waals surface area contributed by atoms with Gasteiger partial charge in [-0.1, -0.05) is 18.2 Å². The number of rotatable bonds is 4. The minimum absolute atomic E-state index is 0.0551. The molecule has 1 aromatic carbocycles. The van der Waals surface area contributed by atoms with Crippen LogP contribution in [0.2, 0.25) is 0 Å². The predicted octanol–water partition coefficient (Wildman–Crippen LogP) is 2.32. The van der Waals surface area contributed by atoms with Crippen LogP contribution in [0.4, 0.5) is 0 Å². The van der Waals surface area contributed by atoms with Crippen molar-refractivity contribution in [3.8, 4) is 0 Å². The Bertz CT molecular complexity index is 886. The maximum Gasteiger partial charge on any atom is 0.290 e. The summed E-state index contributed by atoms with van der Waals surface area (Å²) in [6, 6.07) is 6.94. The Balaban J connectivity index is 2.07. The van der Waals surface area contributed by atoms with Crippen molar-refractivity contribution in [3.63, 3.8) is 0 Å². The lowest BCUT2D eigenvalue weighted by Crippen LogP contribution is -2.51. The van der Waals surface area contributed by atoms with E-state index in [2.05, 4.69) is 0 Å². The third-order valence-electron chi connectivity index (χ3n) is 4.72. The lowest BCUT2D eigenvalue weighted by atomic mass is 9.96. The SMILES string of the molecule is C[C@H](N)[C@H]1CCCCN1C(=O)c1oc2ccccc2c1CS(C)(=O)=O. The average Bonchev–Trinajstić information content (AvgIpc) is 2.91. The number of carbonyl (C=O) groups is 1. The van der Waals surface area contributed by atoms with Crippen molar-refractivity contribution in [1.29, 1.82) is 0 Å². The fourth-order valence-corrected chi connectivity index (χ4v) is 4.37. The molecule has 1 aliphatic heterocycles. The Hall–Kier alpha value is -1.86. The minimum atomic E-state index is -3.31. The monoisotopic (exact) mass is 364 g/mol. The Kier molecular flexibility index (Phi) is 4.88. The largest absolute Gasteiger partial charge is 0.451 e. The zero-order valence-corrected chi connectivity index (χ0v) is 15.4. The van der Waals surface area contributed by atoms with Gasteiger partial charge in [-0.25, -0.2) is 8.42 Å². The minimum Gasteiger partial charge on any atom is -0.451 e. The summed E-state index contributed by atoms with van der Waals surface area (Å²) in [4.78, 5) is 14.9. The van der Waals surface area contributed by atoms with Gasteiger partial charge in [0.05, 0.1) is 5.75 Å². The van der Waals surface area contributed by atoms with E-state index in [0.717, 1.165) is 25.5 Å². The summed E-state index contributed by atoms with van der Waals surface area (Å²) in [5, 5.41) is 0.672. The summed E-state index contributed by atoms with van der Waals surface area (Å²) in [5.74, 6) is -0.363. The van der Waals surface area contributed by atoms with Crippen LogP contribution in [0.15, 0.2) is 28.7 Å². The van der Waals surface area contributed by atoms with Gasteiger partial charge in [0.1, 0.15) is 5.58 Å². The third-order valence-corrected chi connectivity index (χ3v) is 5.53. The van der Waals surface area contributed by atoms with Gasteiger partial charge in [0.25, 0.3) is 5.91 Å². The van der Waals surface area contributed by atoms with Gasteiger partial charge in [0.2, 0.25) is 0 Å². The number of benzene rings is 1. The second kappa shape index (κ2) is 6.80. The summed E-state index contributed by atoms with van der Waals surface area (Å²) in [6.45, 7) is 2.51. The molecule has 1 aliphatic rings. The number of hydrogen-bond donors (Lipinski definition) is 1. The quantitative estimate of drug-likeness (QED) is 0.898. The first-order chi connectivity index (χ1) is 11.8. The van der Waals surface area contributed by atoms with Crippen LogP contribution < -0.4 is 5.73 Å². The molecule has 2 heterocycles. The Morgan fingerprint density at radius 3 is 2.76 bits per heavy atom. The number of hydrogen-bond acceptors (Lipinski definition) is 5. The molecule has 3 rings (SSSR count). The first-order valence-corrected chi connectivity index (χ1v) is 10.6. The molecule has 7 heteroatoms. The molecule has 136 valence electrons. The van der Waals surface area contributed by atoms with Gasteiger partial charge in [-0.15, -0.1) is 0 Å². The van der Waals surface area contributed by atoms with Gasteiger partial charge in [-0.2, -0.15) is 0 Å². The lowest BCUT2D eigenvalue weighted by molar-refractivity contribution is 0.0553. The van der Waals surface area contributed by atoms with Crippen LogP contribution in [-0.4, -0.2) is 44.1 Å². The van der Waals surface area contributed by atoms with Crippen LogP contribution in [0, 0.1) is 0 Å². The topological polar surface area (TPSA) is 93.6 Å². The Morgan fingerprint density at radius 1 is 1.36 bits per heavy atom. The van der Waals surface area contributed by atoms with Crippen molar-refractivity contribution in [3.05, 3.63) is 35.6 Å². The maximum atomic E-state index is 13.2. The summed E-state index contributed by atoms with van der Waals surface area (Å²) >= 11 is 0. The van der Waals surface area contributed by atoms with Crippen molar-refractivity contribution in [2.75, 3.05) is 12.8 Å². The zero-order valence-electron chi connectivity index (χ0n) is 14.6. The van der Waals surface area contributed by atoms with Crippen LogP contribution >= 0.6 is 0 Å². The first kappa shape index (κ1) is 17.9. The number of carbonyl (C=O) groups excluding carboxylic acids is 1. The number of piperidine rings is 1. The summed E-state index contributed by atoms with van der Waals surface area (Å²) in [5.41, 5.74) is 7.04. The van der Waals surface area contributed by atoms with E-state index in [-0.39, 0.29) is 29.5 Å². The van der Waals surface area contributed by atoms with E-state index in [1.165, 1.54) is 0 Å². The molecule has 0 bridgehead atoms. The van der Waals surface area contributed by atoms with Crippen LogP contribution in [0.5, 0.6) is 0 Å². The number of amides is 1. The molecule has 6 nitrogen and oxygen atoms in total. The van der Waals surface area contributed by atoms with Crippen LogP contribution in [0.1, 0.15) is 42.3 Å². The average molecular weight is 364 g/mol. The molecule has 25 heavy (non-hydrogen) atoms. The molecule has 2 atom stereocenters. The second-order valence-electron chi connectivity index (χ2n) is 6.90. The van der Waals surface area contributed by atoms with Gasteiger partial charge >= 0.3 is 0 Å². The number of likely N-dealkylation sites (tertiary alicyclic amines) is 1. The molecule has 1 saturated heterocycles. The number of para-hydroxylation sites is 1. The Morgan fingerprint density at radius 2 is 2.08 bits per heavy atom. The molecular formula is C18H24N2O4S. The van der Waals surface area contributed by atoms with Crippen molar-refractivity contribution < 1.29 is 17.6 Å². The highest BCUT2D eigenvalue weighted by atomic mass is 32.2. The van der Waals surface area contributed by atoms with Gasteiger partial charge in [0.15, 0.2) is 15.6 Å². The highest BCUT2D eigenvalue weighted by Crippen LogP contribution is 2.30. The van der Waals surface area contributed by atoms with E-state index in [9.17, 15) is 13.2 Å². The van der Waals surface area contributed by atoms with Gasteiger partial charge in [0, 0.05) is 35.8 Å². The highest BCUT2D eigenvalue weighted by molar-refractivity contribution is 7.89. The molecule has 0 spiro atoms. The molecule has 2 aromatic rings. The fraction of sp³-hybridized carbons (Fsp3) is 0.500. The van der Waals surface area contributed by atoms with E-state index >= 15 is 0 Å². The molecule has 1 amide bonds. The molecule has 0 saturated carbocycles. The second-order valence-corrected chi connectivity index (χ2v) is 9.04. The maximum absolute atomic E-state index is 13.2. The summed E-state index contributed by atoms with van der Waals surface area (Å²) < 4.78 is 29.6. The van der Waals surface area contributed by atoms with E-state index in [0.29, 0.717) is 23.1 Å². The number of nitrogens with two attached hydrogens (primary N) is 1. The Labute approximate surface area is 147 Å². The molecule has 2 N–H and O–H groups in total. The van der Waals surface area contributed by atoms with E-state index in [4.69, 9.17) is 10.2 Å². The number of furan rings is 1. The standard InChI is InChI=1S/C18H24N2O4S/c1-12(19)15-8-5-6-10-20(15)18(21)17-14(11-25(2,22)23)13-7-3-4-9-16(13)24-17/h3-4,7,9,12,15H,5-6,8,10-11,19H2,1-2H3/t12-,15+/m0/s1. The fourth-order valence-electron chi connectivity index (χ4n) is 3.56. The summed E-state index contributed by atoms with van der Waals surface area (Å²) in [7, 11) is -3.31. The third kappa shape index (κ3) is 3.72. The molecule has 1 aromatic heterocycles. The highest BCUT2D eigenvalue weighted by Gasteiger charge is 2.34. The van der Waals surface area contributed by atoms with Crippen LogP contribution in [0.3, 0.4) is 0 Å². The first-order valence-electron chi connectivity index (χ1n) is 8.52. The number of fused-ring (bicyclic) bond motifs is 1. The zero-order chi connectivity index (χ0) is 18.2. The van der Waals surface area contributed by atoms with Crippen molar-refractivity contribution in [1.82, 2.24) is 4.90 Å². The molecular weight excluding hydrogens is 340 g/mol. The number of nitrogens with zero attached hydrogens (tertiary/aromatic N) is 1. The molecule has 1 fully saturated rings. The predicted molar refractivity (Wildman–Crippen MR) is 97.1 cm³/mol. The van der Waals surface area contributed by atoms with Crippen molar-refractivity contribution >= 4 is 26.7 Å². The van der Waals surface area contributed by atoms with Crippen LogP contribution in [0.25, 0.3) is 11.0 Å². The number of sulfone groups is 1. The van der Waals surface area contributed by atoms with Crippen molar-refractivity contribution in [2.24, 2.45) is 5.73 Å². The molecule has 0 unspecified atom stereocenters. The van der Waals surface area contributed by atoms with Gasteiger partial charge < -0.3 is 15.1 Å². The lowest BCUT2D eigenvalue weighted by Gasteiger charge is -2.37. The summed E-state index contributed by atoms with van der Waals surface area (Å²) in [6.07, 6.45) is 3.96. The van der Waals surface area contributed by atoms with Gasteiger partial charge in [-0.3, -0.25) is 4.79 Å². The van der Waals surface area contributed by atoms with Gasteiger partial charge in [-0.05, 0) is 32.3 Å². The smallest absolute Gasteiger partial charge is 0.290 e. The van der Waals surface area contributed by atoms with Crippen LogP contribution in [-0.2, 0) is 15.6 Å². The van der Waals surface area contributed by atoms with E-state index < -0.39 is 9.84 Å². The molecule has 0 radical (unpaired) electrons. The van der Waals surface area contributed by atoms with Crippen molar-refractivity contribution in [2.45, 2.75) is 44.0 Å². The van der Waals surface area contributed by atoms with E-state index in [1.54, 1.807) is 23.1 Å². The van der Waals surface area contributed by atoms with E-state index in [1.807, 2.05) is 13.0 Å². The normalized spacial score (nSPS) is 20.0.